The lowest BCUT2D eigenvalue weighted by Gasteiger charge is -2.24. The van der Waals surface area contributed by atoms with Crippen LogP contribution in [0, 0.1) is 5.41 Å². The number of rotatable bonds is 1. The Kier molecular flexibility index (Phi) is 3.47. The Labute approximate surface area is 104 Å². The molecule has 0 radical (unpaired) electrons. The minimum atomic E-state index is -0.165. The lowest BCUT2D eigenvalue weighted by molar-refractivity contribution is 0.388. The maximum Gasteiger partial charge on any atom is 0.119 e. The van der Waals surface area contributed by atoms with E-state index in [1.807, 2.05) is 20.8 Å². The summed E-state index contributed by atoms with van der Waals surface area (Å²) in [7, 11) is 0. The summed E-state index contributed by atoms with van der Waals surface area (Å²) in [5.74, 6) is 0.553. The zero-order valence-corrected chi connectivity index (χ0v) is 11.8. The fraction of sp³-hybridized carbons (Fsp3) is 0.600. The number of benzene rings is 1. The third-order valence-corrected chi connectivity index (χ3v) is 2.73. The SMILES string of the molecule is CC(C)(C)Cc1cc(O)c(C(C)(C)C)cc1O. The first kappa shape index (κ1) is 13.9. The molecule has 1 aromatic carbocycles. The van der Waals surface area contributed by atoms with Crippen molar-refractivity contribution in [1.29, 1.82) is 0 Å². The maximum atomic E-state index is 10.0. The number of aromatic hydroxyl groups is 2. The van der Waals surface area contributed by atoms with Crippen LogP contribution in [0.25, 0.3) is 0 Å². The molecular weight excluding hydrogens is 212 g/mol. The van der Waals surface area contributed by atoms with E-state index in [9.17, 15) is 10.2 Å². The number of hydrogen-bond donors (Lipinski definition) is 2. The molecule has 1 aromatic rings. The third kappa shape index (κ3) is 3.65. The van der Waals surface area contributed by atoms with E-state index < -0.39 is 0 Å². The van der Waals surface area contributed by atoms with Gasteiger partial charge in [0.15, 0.2) is 0 Å². The summed E-state index contributed by atoms with van der Waals surface area (Å²) in [6.07, 6.45) is 0.747. The molecule has 96 valence electrons. The summed E-state index contributed by atoms with van der Waals surface area (Å²) < 4.78 is 0. The highest BCUT2D eigenvalue weighted by Crippen LogP contribution is 2.37. The molecule has 0 bridgehead atoms. The molecule has 0 unspecified atom stereocenters. The first-order chi connectivity index (χ1) is 7.50. The molecule has 0 spiro atoms. The second-order valence-corrected chi connectivity index (χ2v) is 6.99. The molecule has 0 saturated carbocycles. The van der Waals surface area contributed by atoms with Crippen LogP contribution in [0.3, 0.4) is 0 Å². The number of hydrogen-bond acceptors (Lipinski definition) is 2. The van der Waals surface area contributed by atoms with E-state index in [4.69, 9.17) is 0 Å². The van der Waals surface area contributed by atoms with Crippen molar-refractivity contribution in [1.82, 2.24) is 0 Å². The quantitative estimate of drug-likeness (QED) is 0.724. The monoisotopic (exact) mass is 236 g/mol. The number of phenolic OH excluding ortho intramolecular Hbond substituents is 2. The van der Waals surface area contributed by atoms with Crippen LogP contribution in [-0.2, 0) is 11.8 Å². The Bertz CT molecular complexity index is 406. The van der Waals surface area contributed by atoms with Crippen molar-refractivity contribution >= 4 is 0 Å². The first-order valence-corrected chi connectivity index (χ1v) is 6.06. The average Bonchev–Trinajstić information content (AvgIpc) is 2.06. The van der Waals surface area contributed by atoms with Gasteiger partial charge >= 0.3 is 0 Å². The molecule has 0 aliphatic carbocycles. The molecule has 17 heavy (non-hydrogen) atoms. The molecule has 2 heteroatoms. The first-order valence-electron chi connectivity index (χ1n) is 6.06. The molecule has 0 aromatic heterocycles. The van der Waals surface area contributed by atoms with E-state index in [0.29, 0.717) is 0 Å². The number of phenols is 2. The fourth-order valence-corrected chi connectivity index (χ4v) is 1.93. The zero-order valence-electron chi connectivity index (χ0n) is 11.8. The van der Waals surface area contributed by atoms with Gasteiger partial charge in [-0.25, -0.2) is 0 Å². The summed E-state index contributed by atoms with van der Waals surface area (Å²) in [5, 5.41) is 20.1. The fourth-order valence-electron chi connectivity index (χ4n) is 1.93. The second kappa shape index (κ2) is 4.25. The van der Waals surface area contributed by atoms with Gasteiger partial charge in [0.1, 0.15) is 11.5 Å². The van der Waals surface area contributed by atoms with Crippen molar-refractivity contribution in [3.63, 3.8) is 0 Å². The summed E-state index contributed by atoms with van der Waals surface area (Å²) in [4.78, 5) is 0. The Morgan fingerprint density at radius 2 is 1.41 bits per heavy atom. The second-order valence-electron chi connectivity index (χ2n) is 6.99. The van der Waals surface area contributed by atoms with Crippen molar-refractivity contribution in [2.75, 3.05) is 0 Å². The van der Waals surface area contributed by atoms with Crippen molar-refractivity contribution in [2.45, 2.75) is 53.4 Å². The Morgan fingerprint density at radius 1 is 0.882 bits per heavy atom. The highest BCUT2D eigenvalue weighted by molar-refractivity contribution is 5.48. The van der Waals surface area contributed by atoms with Crippen LogP contribution in [0.2, 0.25) is 0 Å². The van der Waals surface area contributed by atoms with Gasteiger partial charge in [-0.05, 0) is 34.9 Å². The molecular formula is C15H24O2. The molecule has 0 amide bonds. The lowest BCUT2D eigenvalue weighted by Crippen LogP contribution is -2.13. The van der Waals surface area contributed by atoms with Crippen LogP contribution < -0.4 is 0 Å². The average molecular weight is 236 g/mol. The van der Waals surface area contributed by atoms with Crippen molar-refractivity contribution in [3.8, 4) is 11.5 Å². The molecule has 2 N–H and O–H groups in total. The van der Waals surface area contributed by atoms with Crippen LogP contribution in [0.5, 0.6) is 11.5 Å². The molecule has 0 saturated heterocycles. The lowest BCUT2D eigenvalue weighted by atomic mass is 9.83. The van der Waals surface area contributed by atoms with Crippen LogP contribution in [0.1, 0.15) is 52.7 Å². The van der Waals surface area contributed by atoms with Gasteiger partial charge in [-0.15, -0.1) is 0 Å². The van der Waals surface area contributed by atoms with Gasteiger partial charge in [-0.2, -0.15) is 0 Å². The Hall–Kier alpha value is -1.18. The van der Waals surface area contributed by atoms with Crippen molar-refractivity contribution < 1.29 is 10.2 Å². The van der Waals surface area contributed by atoms with Crippen LogP contribution in [-0.4, -0.2) is 10.2 Å². The highest BCUT2D eigenvalue weighted by atomic mass is 16.3. The Morgan fingerprint density at radius 3 is 1.82 bits per heavy atom. The van der Waals surface area contributed by atoms with E-state index >= 15 is 0 Å². The topological polar surface area (TPSA) is 40.5 Å². The van der Waals surface area contributed by atoms with Gasteiger partial charge in [0.25, 0.3) is 0 Å². The summed E-state index contributed by atoms with van der Waals surface area (Å²) >= 11 is 0. The molecule has 1 rings (SSSR count). The predicted molar refractivity (Wildman–Crippen MR) is 71.6 cm³/mol. The smallest absolute Gasteiger partial charge is 0.119 e. The molecule has 0 aliphatic rings. The minimum absolute atomic E-state index is 0.0904. The van der Waals surface area contributed by atoms with E-state index in [1.54, 1.807) is 12.1 Å². The minimum Gasteiger partial charge on any atom is -0.508 e. The van der Waals surface area contributed by atoms with E-state index in [0.717, 1.165) is 17.5 Å². The van der Waals surface area contributed by atoms with Crippen molar-refractivity contribution in [2.24, 2.45) is 5.41 Å². The van der Waals surface area contributed by atoms with Gasteiger partial charge < -0.3 is 10.2 Å². The van der Waals surface area contributed by atoms with Gasteiger partial charge in [0, 0.05) is 5.56 Å². The van der Waals surface area contributed by atoms with Crippen LogP contribution in [0.4, 0.5) is 0 Å². The zero-order chi connectivity index (χ0) is 13.4. The van der Waals surface area contributed by atoms with E-state index in [2.05, 4.69) is 20.8 Å². The van der Waals surface area contributed by atoms with E-state index in [1.165, 1.54) is 0 Å². The third-order valence-electron chi connectivity index (χ3n) is 2.73. The molecule has 0 fully saturated rings. The van der Waals surface area contributed by atoms with Crippen LogP contribution >= 0.6 is 0 Å². The van der Waals surface area contributed by atoms with Crippen molar-refractivity contribution in [3.05, 3.63) is 23.3 Å². The van der Waals surface area contributed by atoms with Gasteiger partial charge in [0.2, 0.25) is 0 Å². The molecule has 0 heterocycles. The highest BCUT2D eigenvalue weighted by Gasteiger charge is 2.22. The normalized spacial score (nSPS) is 12.8. The van der Waals surface area contributed by atoms with Crippen LogP contribution in [0.15, 0.2) is 12.1 Å². The summed E-state index contributed by atoms with van der Waals surface area (Å²) in [5.41, 5.74) is 1.52. The summed E-state index contributed by atoms with van der Waals surface area (Å²) in [6.45, 7) is 12.4. The van der Waals surface area contributed by atoms with Gasteiger partial charge in [-0.3, -0.25) is 0 Å². The van der Waals surface area contributed by atoms with Gasteiger partial charge in [-0.1, -0.05) is 41.5 Å². The largest absolute Gasteiger partial charge is 0.508 e. The summed E-state index contributed by atoms with van der Waals surface area (Å²) in [6, 6.07) is 3.39. The molecule has 0 aliphatic heterocycles. The van der Waals surface area contributed by atoms with E-state index in [-0.39, 0.29) is 22.3 Å². The standard InChI is InChI=1S/C15H24O2/c1-14(2,3)9-10-7-13(17)11(8-12(10)16)15(4,5)6/h7-8,16-17H,9H2,1-6H3. The Balaban J connectivity index is 3.19. The maximum absolute atomic E-state index is 10.0. The molecule has 0 atom stereocenters. The molecule has 2 nitrogen and oxygen atoms in total. The predicted octanol–water partition coefficient (Wildman–Crippen LogP) is 3.98. The van der Waals surface area contributed by atoms with Gasteiger partial charge in [0.05, 0.1) is 0 Å².